The van der Waals surface area contributed by atoms with Crippen molar-refractivity contribution in [2.24, 2.45) is 5.41 Å². The minimum absolute atomic E-state index is 0.323. The van der Waals surface area contributed by atoms with Crippen LogP contribution in [0.25, 0.3) is 0 Å². The van der Waals surface area contributed by atoms with Crippen molar-refractivity contribution in [1.29, 1.82) is 0 Å². The van der Waals surface area contributed by atoms with Crippen molar-refractivity contribution >= 4 is 0 Å². The first-order chi connectivity index (χ1) is 10.2. The van der Waals surface area contributed by atoms with Crippen LogP contribution >= 0.6 is 0 Å². The molecule has 1 aromatic heterocycles. The number of unbranched alkanes of at least 4 members (excludes halogenated alkanes) is 1. The van der Waals surface area contributed by atoms with Crippen LogP contribution in [0, 0.1) is 5.41 Å². The Kier molecular flexibility index (Phi) is 8.58. The van der Waals surface area contributed by atoms with Crippen LogP contribution in [0.3, 0.4) is 0 Å². The summed E-state index contributed by atoms with van der Waals surface area (Å²) in [4.78, 5) is 4.53. The predicted octanol–water partition coefficient (Wildman–Crippen LogP) is 3.82. The highest BCUT2D eigenvalue weighted by Gasteiger charge is 2.29. The van der Waals surface area contributed by atoms with Gasteiger partial charge in [0.2, 0.25) is 0 Å². The first-order valence-electron chi connectivity index (χ1n) is 8.78. The Morgan fingerprint density at radius 3 is 2.57 bits per heavy atom. The Morgan fingerprint density at radius 1 is 1.14 bits per heavy atom. The molecule has 4 heteroatoms. The summed E-state index contributed by atoms with van der Waals surface area (Å²) >= 11 is 0. The molecule has 122 valence electrons. The predicted molar refractivity (Wildman–Crippen MR) is 89.4 cm³/mol. The zero-order chi connectivity index (χ0) is 15.6. The van der Waals surface area contributed by atoms with E-state index in [1.165, 1.54) is 32.1 Å². The van der Waals surface area contributed by atoms with E-state index in [0.717, 1.165) is 38.3 Å². The Labute approximate surface area is 130 Å². The zero-order valence-corrected chi connectivity index (χ0v) is 14.5. The van der Waals surface area contributed by atoms with Crippen LogP contribution in [0.4, 0.5) is 0 Å². The van der Waals surface area contributed by atoms with Crippen LogP contribution in [0.2, 0.25) is 0 Å². The third-order valence-corrected chi connectivity index (χ3v) is 4.40. The lowest BCUT2D eigenvalue weighted by molar-refractivity contribution is 0.221. The Morgan fingerprint density at radius 2 is 1.95 bits per heavy atom. The number of aryl methyl sites for hydroxylation is 1. The standard InChI is InChI=1S/C17H34N4/c1-5-9-10-17(8-4,14-18-11-6-2)13-16-19-15-20-21(16)12-7-3/h15,18H,5-14H2,1-4H3. The van der Waals surface area contributed by atoms with Gasteiger partial charge in [0.1, 0.15) is 12.2 Å². The van der Waals surface area contributed by atoms with Crippen molar-refractivity contribution in [3.8, 4) is 0 Å². The van der Waals surface area contributed by atoms with Crippen LogP contribution in [-0.4, -0.2) is 27.9 Å². The maximum absolute atomic E-state index is 4.53. The normalized spacial score (nSPS) is 14.3. The third kappa shape index (κ3) is 5.77. The van der Waals surface area contributed by atoms with Gasteiger partial charge in [0.05, 0.1) is 0 Å². The molecular weight excluding hydrogens is 260 g/mol. The molecule has 0 fully saturated rings. The molecule has 0 aromatic carbocycles. The fourth-order valence-electron chi connectivity index (χ4n) is 2.91. The van der Waals surface area contributed by atoms with E-state index in [1.54, 1.807) is 6.33 Å². The largest absolute Gasteiger partial charge is 0.316 e. The van der Waals surface area contributed by atoms with E-state index in [-0.39, 0.29) is 0 Å². The van der Waals surface area contributed by atoms with Crippen molar-refractivity contribution in [3.63, 3.8) is 0 Å². The second kappa shape index (κ2) is 9.93. The number of nitrogens with one attached hydrogen (secondary N) is 1. The van der Waals surface area contributed by atoms with Gasteiger partial charge < -0.3 is 5.32 Å². The molecule has 1 unspecified atom stereocenters. The average Bonchev–Trinajstić information content (AvgIpc) is 2.92. The lowest BCUT2D eigenvalue weighted by atomic mass is 9.77. The molecule has 1 atom stereocenters. The number of nitrogens with zero attached hydrogens (tertiary/aromatic N) is 3. The fourth-order valence-corrected chi connectivity index (χ4v) is 2.91. The molecule has 21 heavy (non-hydrogen) atoms. The van der Waals surface area contributed by atoms with E-state index in [0.29, 0.717) is 5.41 Å². The molecule has 1 heterocycles. The first kappa shape index (κ1) is 18.1. The van der Waals surface area contributed by atoms with Gasteiger partial charge in [0.25, 0.3) is 0 Å². The van der Waals surface area contributed by atoms with Crippen molar-refractivity contribution in [1.82, 2.24) is 20.1 Å². The molecule has 4 nitrogen and oxygen atoms in total. The third-order valence-electron chi connectivity index (χ3n) is 4.40. The average molecular weight is 294 g/mol. The van der Waals surface area contributed by atoms with Crippen LogP contribution in [0.5, 0.6) is 0 Å². The molecular formula is C17H34N4. The summed E-state index contributed by atoms with van der Waals surface area (Å²) in [6, 6.07) is 0. The second-order valence-corrected chi connectivity index (χ2v) is 6.21. The SMILES string of the molecule is CCCCC(CC)(CNCCC)Cc1ncnn1CCC. The molecule has 0 spiro atoms. The minimum Gasteiger partial charge on any atom is -0.316 e. The van der Waals surface area contributed by atoms with Gasteiger partial charge in [-0.15, -0.1) is 0 Å². The van der Waals surface area contributed by atoms with Crippen LogP contribution in [0.15, 0.2) is 6.33 Å². The van der Waals surface area contributed by atoms with E-state index < -0.39 is 0 Å². The lowest BCUT2D eigenvalue weighted by Gasteiger charge is -2.33. The minimum atomic E-state index is 0.323. The van der Waals surface area contributed by atoms with Crippen molar-refractivity contribution < 1.29 is 0 Å². The summed E-state index contributed by atoms with van der Waals surface area (Å²) in [5.41, 5.74) is 0.323. The van der Waals surface area contributed by atoms with Gasteiger partial charge in [-0.05, 0) is 37.6 Å². The maximum Gasteiger partial charge on any atom is 0.138 e. The zero-order valence-electron chi connectivity index (χ0n) is 14.5. The maximum atomic E-state index is 4.53. The van der Waals surface area contributed by atoms with Gasteiger partial charge in [-0.2, -0.15) is 5.10 Å². The number of aromatic nitrogens is 3. The monoisotopic (exact) mass is 294 g/mol. The van der Waals surface area contributed by atoms with E-state index >= 15 is 0 Å². The van der Waals surface area contributed by atoms with Crippen LogP contribution in [-0.2, 0) is 13.0 Å². The van der Waals surface area contributed by atoms with Crippen LogP contribution < -0.4 is 5.32 Å². The van der Waals surface area contributed by atoms with Crippen molar-refractivity contribution in [2.75, 3.05) is 13.1 Å². The highest BCUT2D eigenvalue weighted by Crippen LogP contribution is 2.32. The molecule has 0 radical (unpaired) electrons. The molecule has 1 rings (SSSR count). The van der Waals surface area contributed by atoms with Gasteiger partial charge in [0, 0.05) is 19.5 Å². The smallest absolute Gasteiger partial charge is 0.138 e. The van der Waals surface area contributed by atoms with E-state index in [4.69, 9.17) is 0 Å². The highest BCUT2D eigenvalue weighted by atomic mass is 15.3. The molecule has 0 amide bonds. The second-order valence-electron chi connectivity index (χ2n) is 6.21. The fraction of sp³-hybridized carbons (Fsp3) is 0.882. The first-order valence-corrected chi connectivity index (χ1v) is 8.78. The van der Waals surface area contributed by atoms with Gasteiger partial charge in [0.15, 0.2) is 0 Å². The summed E-state index contributed by atoms with van der Waals surface area (Å²) in [6.45, 7) is 12.2. The molecule has 1 N–H and O–H groups in total. The van der Waals surface area contributed by atoms with Gasteiger partial charge in [-0.25, -0.2) is 4.98 Å². The summed E-state index contributed by atoms with van der Waals surface area (Å²) in [5.74, 6) is 1.16. The van der Waals surface area contributed by atoms with E-state index in [2.05, 4.69) is 47.8 Å². The van der Waals surface area contributed by atoms with Gasteiger partial charge >= 0.3 is 0 Å². The number of hydrogen-bond acceptors (Lipinski definition) is 3. The van der Waals surface area contributed by atoms with Gasteiger partial charge in [-0.3, -0.25) is 4.68 Å². The molecule has 0 saturated heterocycles. The number of hydrogen-bond donors (Lipinski definition) is 1. The summed E-state index contributed by atoms with van der Waals surface area (Å²) in [5, 5.41) is 8.03. The Balaban J connectivity index is 2.80. The lowest BCUT2D eigenvalue weighted by Crippen LogP contribution is -2.37. The molecule has 0 aliphatic rings. The summed E-state index contributed by atoms with van der Waals surface area (Å²) in [6.07, 6.45) is 10.1. The quantitative estimate of drug-likeness (QED) is 0.596. The van der Waals surface area contributed by atoms with E-state index in [9.17, 15) is 0 Å². The molecule has 0 saturated carbocycles. The Hall–Kier alpha value is -0.900. The summed E-state index contributed by atoms with van der Waals surface area (Å²) in [7, 11) is 0. The van der Waals surface area contributed by atoms with Crippen LogP contribution in [0.1, 0.15) is 72.0 Å². The van der Waals surface area contributed by atoms with Crippen molar-refractivity contribution in [3.05, 3.63) is 12.2 Å². The van der Waals surface area contributed by atoms with Crippen molar-refractivity contribution in [2.45, 2.75) is 79.2 Å². The highest BCUT2D eigenvalue weighted by molar-refractivity contribution is 4.95. The molecule has 0 bridgehead atoms. The summed E-state index contributed by atoms with van der Waals surface area (Å²) < 4.78 is 2.09. The number of rotatable bonds is 12. The van der Waals surface area contributed by atoms with Gasteiger partial charge in [-0.1, -0.05) is 40.5 Å². The molecule has 0 aliphatic heterocycles. The van der Waals surface area contributed by atoms with E-state index in [1.807, 2.05) is 0 Å². The Bertz CT molecular complexity index is 375. The molecule has 1 aromatic rings. The topological polar surface area (TPSA) is 42.7 Å². The molecule has 0 aliphatic carbocycles.